The Morgan fingerprint density at radius 1 is 1.23 bits per heavy atom. The number of aryl methyl sites for hydroxylation is 2. The maximum Gasteiger partial charge on any atom is 0.125 e. The van der Waals surface area contributed by atoms with Crippen LogP contribution < -0.4 is 5.49 Å². The summed E-state index contributed by atoms with van der Waals surface area (Å²) >= 11 is 0. The summed E-state index contributed by atoms with van der Waals surface area (Å²) in [6.45, 7) is 2.04. The van der Waals surface area contributed by atoms with E-state index in [0.717, 1.165) is 5.52 Å². The van der Waals surface area contributed by atoms with E-state index < -0.39 is 0 Å². The van der Waals surface area contributed by atoms with Gasteiger partial charge in [0.15, 0.2) is 0 Å². The zero-order valence-electron chi connectivity index (χ0n) is 7.83. The number of nitrogens with zero attached hydrogens (tertiary/aromatic N) is 1. The number of aromatic nitrogens is 1. The van der Waals surface area contributed by atoms with Gasteiger partial charge in [0.25, 0.3) is 0 Å². The fourth-order valence-electron chi connectivity index (χ4n) is 1.61. The van der Waals surface area contributed by atoms with Crippen molar-refractivity contribution in [1.82, 2.24) is 4.57 Å². The minimum atomic E-state index is 0.552. The number of benzene rings is 1. The van der Waals surface area contributed by atoms with E-state index in [1.165, 1.54) is 10.9 Å². The molecule has 0 aliphatic rings. The molecule has 1 heterocycles. The summed E-state index contributed by atoms with van der Waals surface area (Å²) in [5, 5.41) is 8.93. The van der Waals surface area contributed by atoms with E-state index in [4.69, 9.17) is 5.41 Å². The Bertz CT molecular complexity index is 509. The second kappa shape index (κ2) is 2.73. The molecule has 1 aromatic carbocycles. The first-order chi connectivity index (χ1) is 6.20. The Morgan fingerprint density at radius 2 is 1.92 bits per heavy atom. The van der Waals surface area contributed by atoms with E-state index in [2.05, 4.69) is 6.07 Å². The quantitative estimate of drug-likeness (QED) is 0.629. The molecule has 0 spiro atoms. The highest BCUT2D eigenvalue weighted by Gasteiger charge is 1.99. The third-order valence-electron chi connectivity index (χ3n) is 2.40. The van der Waals surface area contributed by atoms with Crippen LogP contribution in [0.5, 0.6) is 0 Å². The van der Waals surface area contributed by atoms with Crippen LogP contribution in [0.15, 0.2) is 30.3 Å². The number of hydrogen-bond donors (Lipinski definition) is 1. The second-order valence-electron chi connectivity index (χ2n) is 3.29. The Hall–Kier alpha value is -1.57. The van der Waals surface area contributed by atoms with Crippen molar-refractivity contribution in [1.29, 1.82) is 5.41 Å². The van der Waals surface area contributed by atoms with Gasteiger partial charge in [0, 0.05) is 18.0 Å². The van der Waals surface area contributed by atoms with Crippen molar-refractivity contribution in [2.75, 3.05) is 0 Å². The molecule has 0 aliphatic heterocycles. The molecule has 0 saturated heterocycles. The molecule has 2 aromatic rings. The zero-order valence-corrected chi connectivity index (χ0v) is 7.83. The van der Waals surface area contributed by atoms with Crippen LogP contribution in [0.1, 0.15) is 5.56 Å². The average molecular weight is 172 g/mol. The lowest BCUT2D eigenvalue weighted by molar-refractivity contribution is 0.853. The van der Waals surface area contributed by atoms with Gasteiger partial charge in [0.2, 0.25) is 0 Å². The Balaban J connectivity index is 3.06. The Kier molecular flexibility index (Phi) is 1.69. The second-order valence-corrected chi connectivity index (χ2v) is 3.29. The Morgan fingerprint density at radius 3 is 2.69 bits per heavy atom. The summed E-state index contributed by atoms with van der Waals surface area (Å²) in [5.74, 6) is 0. The van der Waals surface area contributed by atoms with Crippen molar-refractivity contribution in [2.45, 2.75) is 6.92 Å². The number of rotatable bonds is 0. The minimum absolute atomic E-state index is 0.552. The molecule has 0 amide bonds. The number of para-hydroxylation sites is 1. The highest BCUT2D eigenvalue weighted by atomic mass is 14.9. The minimum Gasteiger partial charge on any atom is -0.329 e. The standard InChI is InChI=1S/C11H12N2/c1-8-7-11(12)13(2)10-6-4-3-5-9(8)10/h3-7,12H,1-2H3. The van der Waals surface area contributed by atoms with E-state index >= 15 is 0 Å². The first-order valence-corrected chi connectivity index (χ1v) is 4.30. The van der Waals surface area contributed by atoms with E-state index in [1.807, 2.05) is 42.8 Å². The van der Waals surface area contributed by atoms with Crippen molar-refractivity contribution >= 4 is 10.9 Å². The van der Waals surface area contributed by atoms with Crippen molar-refractivity contribution in [2.24, 2.45) is 7.05 Å². The van der Waals surface area contributed by atoms with Crippen LogP contribution in [0.3, 0.4) is 0 Å². The molecule has 0 aliphatic carbocycles. The van der Waals surface area contributed by atoms with Gasteiger partial charge in [-0.05, 0) is 24.6 Å². The van der Waals surface area contributed by atoms with E-state index in [-0.39, 0.29) is 0 Å². The molecule has 1 N–H and O–H groups in total. The monoisotopic (exact) mass is 172 g/mol. The smallest absolute Gasteiger partial charge is 0.125 e. The largest absolute Gasteiger partial charge is 0.329 e. The van der Waals surface area contributed by atoms with Crippen LogP contribution in [-0.4, -0.2) is 4.57 Å². The molecule has 2 heteroatoms. The summed E-state index contributed by atoms with van der Waals surface area (Å²) < 4.78 is 1.89. The molecule has 1 aromatic heterocycles. The third kappa shape index (κ3) is 1.15. The Labute approximate surface area is 77.0 Å². The van der Waals surface area contributed by atoms with Crippen molar-refractivity contribution in [3.8, 4) is 0 Å². The SMILES string of the molecule is Cc1cc(=N)n(C)c2ccccc12. The molecule has 0 atom stereocenters. The van der Waals surface area contributed by atoms with Crippen LogP contribution in [0.2, 0.25) is 0 Å². The molecular formula is C11H12N2. The third-order valence-corrected chi connectivity index (χ3v) is 2.40. The van der Waals surface area contributed by atoms with Crippen LogP contribution in [0, 0.1) is 12.3 Å². The topological polar surface area (TPSA) is 28.8 Å². The lowest BCUT2D eigenvalue weighted by Crippen LogP contribution is -2.16. The average Bonchev–Trinajstić information content (AvgIpc) is 2.15. The summed E-state index contributed by atoms with van der Waals surface area (Å²) in [5.41, 5.74) is 2.84. The van der Waals surface area contributed by atoms with Gasteiger partial charge in [-0.15, -0.1) is 0 Å². The first kappa shape index (κ1) is 8.05. The van der Waals surface area contributed by atoms with Gasteiger partial charge >= 0.3 is 0 Å². The lowest BCUT2D eigenvalue weighted by atomic mass is 10.1. The highest BCUT2D eigenvalue weighted by molar-refractivity contribution is 5.82. The van der Waals surface area contributed by atoms with Crippen LogP contribution in [-0.2, 0) is 7.05 Å². The van der Waals surface area contributed by atoms with E-state index in [9.17, 15) is 0 Å². The molecule has 13 heavy (non-hydrogen) atoms. The first-order valence-electron chi connectivity index (χ1n) is 4.30. The fourth-order valence-corrected chi connectivity index (χ4v) is 1.61. The molecule has 0 saturated carbocycles. The maximum atomic E-state index is 7.71. The predicted octanol–water partition coefficient (Wildman–Crippen LogP) is 1.97. The molecule has 0 bridgehead atoms. The van der Waals surface area contributed by atoms with Gasteiger partial charge in [-0.3, -0.25) is 5.41 Å². The van der Waals surface area contributed by atoms with Crippen molar-refractivity contribution in [3.63, 3.8) is 0 Å². The summed E-state index contributed by atoms with van der Waals surface area (Å²) in [6.07, 6.45) is 0. The summed E-state index contributed by atoms with van der Waals surface area (Å²) in [4.78, 5) is 0. The zero-order chi connectivity index (χ0) is 9.42. The fraction of sp³-hybridized carbons (Fsp3) is 0.182. The van der Waals surface area contributed by atoms with Gasteiger partial charge in [-0.25, -0.2) is 0 Å². The van der Waals surface area contributed by atoms with Crippen LogP contribution >= 0.6 is 0 Å². The number of hydrogen-bond acceptors (Lipinski definition) is 1. The molecule has 66 valence electrons. The summed E-state index contributed by atoms with van der Waals surface area (Å²) in [6, 6.07) is 10.0. The molecule has 0 fully saturated rings. The van der Waals surface area contributed by atoms with Gasteiger partial charge < -0.3 is 4.57 Å². The highest BCUT2D eigenvalue weighted by Crippen LogP contribution is 2.14. The van der Waals surface area contributed by atoms with Crippen molar-refractivity contribution < 1.29 is 0 Å². The summed E-state index contributed by atoms with van der Waals surface area (Å²) in [7, 11) is 1.92. The molecule has 0 unspecified atom stereocenters. The molecule has 2 rings (SSSR count). The van der Waals surface area contributed by atoms with E-state index in [1.54, 1.807) is 0 Å². The van der Waals surface area contributed by atoms with Crippen molar-refractivity contribution in [3.05, 3.63) is 41.4 Å². The van der Waals surface area contributed by atoms with Gasteiger partial charge in [0.05, 0.1) is 0 Å². The predicted molar refractivity (Wildman–Crippen MR) is 53.5 cm³/mol. The van der Waals surface area contributed by atoms with Gasteiger partial charge in [-0.1, -0.05) is 18.2 Å². The normalized spacial score (nSPS) is 10.6. The lowest BCUT2D eigenvalue weighted by Gasteiger charge is -2.07. The maximum absolute atomic E-state index is 7.71. The van der Waals surface area contributed by atoms with E-state index in [0.29, 0.717) is 5.49 Å². The van der Waals surface area contributed by atoms with Crippen LogP contribution in [0.4, 0.5) is 0 Å². The van der Waals surface area contributed by atoms with Gasteiger partial charge in [-0.2, -0.15) is 0 Å². The molecule has 0 radical (unpaired) electrons. The van der Waals surface area contributed by atoms with Gasteiger partial charge in [0.1, 0.15) is 5.49 Å². The number of pyridine rings is 1. The number of fused-ring (bicyclic) bond motifs is 1. The molecule has 2 nitrogen and oxygen atoms in total. The van der Waals surface area contributed by atoms with Crippen LogP contribution in [0.25, 0.3) is 10.9 Å². The molecular weight excluding hydrogens is 160 g/mol. The number of nitrogens with one attached hydrogen (secondary N) is 1.